The zero-order valence-corrected chi connectivity index (χ0v) is 17.2. The van der Waals surface area contributed by atoms with Crippen LogP contribution in [0.15, 0.2) is 35.3 Å². The second-order valence-corrected chi connectivity index (χ2v) is 7.50. The lowest BCUT2D eigenvalue weighted by Gasteiger charge is -2.23. The smallest absolute Gasteiger partial charge is 0.278 e. The van der Waals surface area contributed by atoms with E-state index in [1.165, 1.54) is 9.30 Å². The number of nitrogens with one attached hydrogen (secondary N) is 2. The highest BCUT2D eigenvalue weighted by Crippen LogP contribution is 2.14. The van der Waals surface area contributed by atoms with E-state index in [1.54, 1.807) is 24.4 Å². The Kier molecular flexibility index (Phi) is 5.91. The van der Waals surface area contributed by atoms with Crippen LogP contribution in [0.2, 0.25) is 0 Å². The average molecular weight is 412 g/mol. The monoisotopic (exact) mass is 412 g/mol. The Morgan fingerprint density at radius 3 is 2.93 bits per heavy atom. The molecule has 1 fully saturated rings. The molecule has 4 N–H and O–H groups in total. The number of nitrogens with zero attached hydrogens (tertiary/aromatic N) is 3. The maximum Gasteiger partial charge on any atom is 0.278 e. The van der Waals surface area contributed by atoms with E-state index < -0.39 is 0 Å². The quantitative estimate of drug-likeness (QED) is 0.347. The molecule has 9 heteroatoms. The molecule has 3 aromatic rings. The highest BCUT2D eigenvalue weighted by atomic mass is 16.5. The minimum absolute atomic E-state index is 0.214. The minimum atomic E-state index is -0.290. The summed E-state index contributed by atoms with van der Waals surface area (Å²) >= 11 is 0. The van der Waals surface area contributed by atoms with Crippen molar-refractivity contribution in [1.82, 2.24) is 14.7 Å². The second-order valence-electron chi connectivity index (χ2n) is 7.50. The molecule has 3 aromatic heterocycles. The topological polar surface area (TPSA) is 107 Å². The van der Waals surface area contributed by atoms with Crippen molar-refractivity contribution in [2.24, 2.45) is 0 Å². The third-order valence-corrected chi connectivity index (χ3v) is 5.55. The number of anilines is 1. The van der Waals surface area contributed by atoms with Gasteiger partial charge in [0.15, 0.2) is 0 Å². The zero-order chi connectivity index (χ0) is 21.1. The standard InChI is InChI=1S/C21H26N6O3/c1-2-23-20(28)15-14-16-19(24-17-6-3-4-8-26(17)21(16)29)27(18(15)22)9-5-7-25-10-12-30-13-11-25/h3-4,6,8,14,22H,2,5,7,9-13H2,1H3,(H,23,28)/p+2. The molecule has 4 rings (SSSR count). The van der Waals surface area contributed by atoms with Crippen LogP contribution in [0.5, 0.6) is 0 Å². The third-order valence-electron chi connectivity index (χ3n) is 5.55. The first-order valence-electron chi connectivity index (χ1n) is 10.4. The number of morpholine rings is 1. The van der Waals surface area contributed by atoms with Crippen molar-refractivity contribution in [3.05, 3.63) is 46.4 Å². The van der Waals surface area contributed by atoms with Gasteiger partial charge >= 0.3 is 0 Å². The van der Waals surface area contributed by atoms with Crippen molar-refractivity contribution in [3.63, 3.8) is 0 Å². The SMILES string of the molecule is CCNC(=O)c1cc2c(=O)n3ccccc3nc2[n+](CCC[NH+]2CCOCC2)c1N. The molecule has 158 valence electrons. The molecule has 0 unspecified atom stereocenters. The van der Waals surface area contributed by atoms with Crippen LogP contribution in [0.3, 0.4) is 0 Å². The van der Waals surface area contributed by atoms with E-state index in [0.717, 1.165) is 39.3 Å². The molecule has 1 aliphatic heterocycles. The van der Waals surface area contributed by atoms with E-state index in [2.05, 4.69) is 5.32 Å². The minimum Gasteiger partial charge on any atom is -0.370 e. The summed E-state index contributed by atoms with van der Waals surface area (Å²) in [5, 5.41) is 3.16. The average Bonchev–Trinajstić information content (AvgIpc) is 2.76. The number of hydrogen-bond acceptors (Lipinski definition) is 5. The molecule has 1 aliphatic rings. The number of aromatic nitrogens is 3. The number of fused-ring (bicyclic) bond motifs is 2. The number of nitrogen functional groups attached to an aromatic ring is 1. The molecule has 0 bridgehead atoms. The summed E-state index contributed by atoms with van der Waals surface area (Å²) in [5.74, 6) is 0.0413. The van der Waals surface area contributed by atoms with Gasteiger partial charge in [0.2, 0.25) is 11.5 Å². The highest BCUT2D eigenvalue weighted by molar-refractivity contribution is 6.00. The molecular formula is C21H28N6O3+2. The lowest BCUT2D eigenvalue weighted by Crippen LogP contribution is -3.14. The normalized spacial score (nSPS) is 15.0. The molecular weight excluding hydrogens is 384 g/mol. The van der Waals surface area contributed by atoms with Gasteiger partial charge in [-0.25, -0.2) is 4.57 Å². The fourth-order valence-electron chi connectivity index (χ4n) is 3.96. The van der Waals surface area contributed by atoms with Gasteiger partial charge in [-0.05, 0) is 25.1 Å². The first-order chi connectivity index (χ1) is 14.6. The van der Waals surface area contributed by atoms with E-state index in [1.807, 2.05) is 17.6 Å². The van der Waals surface area contributed by atoms with Crippen LogP contribution in [-0.2, 0) is 11.3 Å². The molecule has 9 nitrogen and oxygen atoms in total. The molecule has 1 saturated heterocycles. The number of pyridine rings is 2. The van der Waals surface area contributed by atoms with Crippen molar-refractivity contribution in [2.75, 3.05) is 45.1 Å². The number of aryl methyl sites for hydroxylation is 1. The van der Waals surface area contributed by atoms with Crippen molar-refractivity contribution >= 4 is 28.4 Å². The van der Waals surface area contributed by atoms with E-state index in [4.69, 9.17) is 15.5 Å². The lowest BCUT2D eigenvalue weighted by molar-refractivity contribution is -0.910. The number of amides is 1. The second kappa shape index (κ2) is 8.76. The Labute approximate surface area is 174 Å². The summed E-state index contributed by atoms with van der Waals surface area (Å²) in [5.41, 5.74) is 7.57. The Balaban J connectivity index is 1.79. The lowest BCUT2D eigenvalue weighted by atomic mass is 10.1. The third kappa shape index (κ3) is 3.86. The summed E-state index contributed by atoms with van der Waals surface area (Å²) in [6, 6.07) is 6.97. The number of hydrogen-bond donors (Lipinski definition) is 3. The molecule has 0 atom stereocenters. The van der Waals surface area contributed by atoms with Gasteiger partial charge in [-0.3, -0.25) is 14.0 Å². The Morgan fingerprint density at radius 1 is 1.37 bits per heavy atom. The van der Waals surface area contributed by atoms with E-state index in [-0.39, 0.29) is 11.5 Å². The maximum absolute atomic E-state index is 13.1. The fourth-order valence-corrected chi connectivity index (χ4v) is 3.96. The van der Waals surface area contributed by atoms with Gasteiger partial charge in [-0.15, -0.1) is 0 Å². The number of carbonyl (C=O) groups excluding carboxylic acids is 1. The van der Waals surface area contributed by atoms with Crippen molar-refractivity contribution < 1.29 is 19.0 Å². The molecule has 30 heavy (non-hydrogen) atoms. The predicted octanol–water partition coefficient (Wildman–Crippen LogP) is -1.23. The number of rotatable bonds is 6. The van der Waals surface area contributed by atoms with E-state index >= 15 is 0 Å². The maximum atomic E-state index is 13.1. The molecule has 0 radical (unpaired) electrons. The Hall–Kier alpha value is -3.04. The van der Waals surface area contributed by atoms with Crippen molar-refractivity contribution in [3.8, 4) is 0 Å². The van der Waals surface area contributed by atoms with Crippen LogP contribution in [0.25, 0.3) is 16.7 Å². The summed E-state index contributed by atoms with van der Waals surface area (Å²) in [4.78, 5) is 31.9. The van der Waals surface area contributed by atoms with Gasteiger partial charge in [0.25, 0.3) is 17.1 Å². The van der Waals surface area contributed by atoms with Crippen LogP contribution in [0, 0.1) is 0 Å². The largest absolute Gasteiger partial charge is 0.370 e. The van der Waals surface area contributed by atoms with Gasteiger partial charge in [0, 0.05) is 19.2 Å². The Morgan fingerprint density at radius 2 is 2.17 bits per heavy atom. The Bertz CT molecular complexity index is 1140. The van der Waals surface area contributed by atoms with Crippen LogP contribution >= 0.6 is 0 Å². The van der Waals surface area contributed by atoms with Crippen LogP contribution < -0.4 is 26.1 Å². The van der Waals surface area contributed by atoms with Crippen molar-refractivity contribution in [2.45, 2.75) is 19.9 Å². The number of ether oxygens (including phenoxy) is 1. The van der Waals surface area contributed by atoms with Gasteiger partial charge in [-0.2, -0.15) is 0 Å². The molecule has 1 amide bonds. The van der Waals surface area contributed by atoms with E-state index in [9.17, 15) is 9.59 Å². The summed E-state index contributed by atoms with van der Waals surface area (Å²) in [6.07, 6.45) is 2.53. The zero-order valence-electron chi connectivity index (χ0n) is 17.2. The first kappa shape index (κ1) is 20.2. The number of nitrogens with two attached hydrogens (primary N) is 1. The molecule has 4 heterocycles. The molecule has 0 spiro atoms. The first-order valence-corrected chi connectivity index (χ1v) is 10.4. The number of carbonyl (C=O) groups is 1. The summed E-state index contributed by atoms with van der Waals surface area (Å²) in [7, 11) is 0. The van der Waals surface area contributed by atoms with Gasteiger partial charge in [0.05, 0.1) is 26.3 Å². The molecule has 0 aromatic carbocycles. The molecule has 0 saturated carbocycles. The van der Waals surface area contributed by atoms with E-state index in [0.29, 0.717) is 41.2 Å². The summed E-state index contributed by atoms with van der Waals surface area (Å²) < 4.78 is 8.72. The van der Waals surface area contributed by atoms with Crippen LogP contribution in [0.4, 0.5) is 5.82 Å². The highest BCUT2D eigenvalue weighted by Gasteiger charge is 2.24. The molecule has 0 aliphatic carbocycles. The fraction of sp³-hybridized carbons (Fsp3) is 0.429. The van der Waals surface area contributed by atoms with Crippen molar-refractivity contribution in [1.29, 1.82) is 0 Å². The van der Waals surface area contributed by atoms with Gasteiger partial charge in [0.1, 0.15) is 24.0 Å². The summed E-state index contributed by atoms with van der Waals surface area (Å²) in [6.45, 7) is 7.41. The van der Waals surface area contributed by atoms with Crippen LogP contribution in [-0.4, -0.2) is 54.7 Å². The van der Waals surface area contributed by atoms with Gasteiger partial charge in [-0.1, -0.05) is 11.1 Å². The van der Waals surface area contributed by atoms with Gasteiger partial charge < -0.3 is 20.7 Å². The van der Waals surface area contributed by atoms with Crippen LogP contribution in [0.1, 0.15) is 23.7 Å². The number of quaternary nitrogens is 1. The predicted molar refractivity (Wildman–Crippen MR) is 113 cm³/mol.